The van der Waals surface area contributed by atoms with Gasteiger partial charge >= 0.3 is 6.18 Å². The quantitative estimate of drug-likeness (QED) is 0.692. The van der Waals surface area contributed by atoms with E-state index < -0.39 is 17.9 Å². The van der Waals surface area contributed by atoms with Crippen LogP contribution in [0.2, 0.25) is 0 Å². The second kappa shape index (κ2) is 4.46. The first kappa shape index (κ1) is 12.6. The van der Waals surface area contributed by atoms with Crippen molar-refractivity contribution in [2.75, 3.05) is 11.9 Å². The van der Waals surface area contributed by atoms with Crippen molar-refractivity contribution >= 4 is 15.9 Å². The molecule has 3 unspecified atom stereocenters. The fraction of sp³-hybridized carbons (Fsp3) is 1.00. The van der Waals surface area contributed by atoms with Crippen molar-refractivity contribution in [1.29, 1.82) is 0 Å². The lowest BCUT2D eigenvalue weighted by Gasteiger charge is -2.37. The van der Waals surface area contributed by atoms with Crippen LogP contribution in [0, 0.1) is 5.92 Å². The smallest absolute Gasteiger partial charge is 0.347 e. The SMILES string of the molecule is FC(F)(F)C1CCCC2(C1)OCC(CBr)O2. The second-order valence-corrected chi connectivity index (χ2v) is 5.10. The zero-order chi connectivity index (χ0) is 11.8. The average molecular weight is 303 g/mol. The molecule has 6 heteroatoms. The summed E-state index contributed by atoms with van der Waals surface area (Å²) in [6.45, 7) is 0.385. The van der Waals surface area contributed by atoms with Crippen LogP contribution < -0.4 is 0 Å². The normalized spacial score (nSPS) is 40.5. The Morgan fingerprint density at radius 2 is 2.12 bits per heavy atom. The third-order valence-electron chi connectivity index (χ3n) is 3.22. The minimum Gasteiger partial charge on any atom is -0.347 e. The van der Waals surface area contributed by atoms with Gasteiger partial charge in [-0.05, 0) is 12.8 Å². The molecule has 1 spiro atoms. The van der Waals surface area contributed by atoms with E-state index in [0.29, 0.717) is 24.8 Å². The Morgan fingerprint density at radius 3 is 2.69 bits per heavy atom. The van der Waals surface area contributed by atoms with Gasteiger partial charge < -0.3 is 9.47 Å². The van der Waals surface area contributed by atoms with E-state index in [1.165, 1.54) is 0 Å². The Kier molecular flexibility index (Phi) is 3.52. The highest BCUT2D eigenvalue weighted by Gasteiger charge is 2.51. The molecule has 94 valence electrons. The van der Waals surface area contributed by atoms with Gasteiger partial charge in [-0.25, -0.2) is 0 Å². The van der Waals surface area contributed by atoms with E-state index >= 15 is 0 Å². The minimum atomic E-state index is -4.13. The summed E-state index contributed by atoms with van der Waals surface area (Å²) in [5, 5.41) is 0.603. The van der Waals surface area contributed by atoms with Crippen molar-refractivity contribution < 1.29 is 22.6 Å². The van der Waals surface area contributed by atoms with Gasteiger partial charge in [0.05, 0.1) is 18.6 Å². The van der Waals surface area contributed by atoms with Gasteiger partial charge in [0, 0.05) is 18.2 Å². The van der Waals surface area contributed by atoms with Gasteiger partial charge in [0.25, 0.3) is 0 Å². The number of alkyl halides is 4. The van der Waals surface area contributed by atoms with Crippen LogP contribution in [0.25, 0.3) is 0 Å². The molecule has 0 N–H and O–H groups in total. The molecule has 1 aliphatic heterocycles. The van der Waals surface area contributed by atoms with Crippen molar-refractivity contribution in [3.63, 3.8) is 0 Å². The number of halogens is 4. The summed E-state index contributed by atoms with van der Waals surface area (Å²) in [7, 11) is 0. The molecule has 1 saturated carbocycles. The maximum Gasteiger partial charge on any atom is 0.392 e. The molecule has 0 aromatic rings. The average Bonchev–Trinajstić information content (AvgIpc) is 2.60. The first-order valence-corrected chi connectivity index (χ1v) is 6.52. The van der Waals surface area contributed by atoms with Gasteiger partial charge in [0.1, 0.15) is 0 Å². The number of ether oxygens (including phenoxy) is 2. The standard InChI is InChI=1S/C10H14BrF3O2/c11-5-8-6-15-9(16-8)3-1-2-7(4-9)10(12,13)14/h7-8H,1-6H2. The highest BCUT2D eigenvalue weighted by Crippen LogP contribution is 2.46. The molecule has 2 nitrogen and oxygen atoms in total. The molecular formula is C10H14BrF3O2. The molecule has 1 aliphatic carbocycles. The Balaban J connectivity index is 2.02. The Hall–Kier alpha value is 0.190. The van der Waals surface area contributed by atoms with Crippen LogP contribution in [0.1, 0.15) is 25.7 Å². The first-order chi connectivity index (χ1) is 7.45. The van der Waals surface area contributed by atoms with E-state index in [2.05, 4.69) is 15.9 Å². The van der Waals surface area contributed by atoms with E-state index in [1.54, 1.807) is 0 Å². The monoisotopic (exact) mass is 302 g/mol. The molecule has 2 aliphatic rings. The van der Waals surface area contributed by atoms with E-state index in [-0.39, 0.29) is 18.9 Å². The Labute approximate surface area is 101 Å². The zero-order valence-corrected chi connectivity index (χ0v) is 10.3. The molecule has 1 saturated heterocycles. The Morgan fingerprint density at radius 1 is 1.38 bits per heavy atom. The van der Waals surface area contributed by atoms with Gasteiger partial charge in [-0.15, -0.1) is 0 Å². The predicted octanol–water partition coefficient (Wildman–Crippen LogP) is 3.25. The van der Waals surface area contributed by atoms with Crippen molar-refractivity contribution in [2.45, 2.75) is 43.8 Å². The lowest BCUT2D eigenvalue weighted by molar-refractivity contribution is -0.247. The van der Waals surface area contributed by atoms with Crippen LogP contribution in [-0.2, 0) is 9.47 Å². The molecule has 0 aromatic heterocycles. The maximum atomic E-state index is 12.6. The molecule has 0 aromatic carbocycles. The summed E-state index contributed by atoms with van der Waals surface area (Å²) in [6, 6.07) is 0. The molecule has 2 fully saturated rings. The van der Waals surface area contributed by atoms with Crippen LogP contribution in [-0.4, -0.2) is 30.0 Å². The van der Waals surface area contributed by atoms with E-state index in [0.717, 1.165) is 0 Å². The van der Waals surface area contributed by atoms with Crippen LogP contribution in [0.3, 0.4) is 0 Å². The van der Waals surface area contributed by atoms with Gasteiger partial charge in [0.15, 0.2) is 5.79 Å². The molecular weight excluding hydrogens is 289 g/mol. The summed E-state index contributed by atoms with van der Waals surface area (Å²) >= 11 is 3.25. The van der Waals surface area contributed by atoms with Crippen LogP contribution >= 0.6 is 15.9 Å². The van der Waals surface area contributed by atoms with Gasteiger partial charge in [0.2, 0.25) is 0 Å². The van der Waals surface area contributed by atoms with E-state index in [9.17, 15) is 13.2 Å². The summed E-state index contributed by atoms with van der Waals surface area (Å²) < 4.78 is 49.0. The molecule has 3 atom stereocenters. The summed E-state index contributed by atoms with van der Waals surface area (Å²) in [5.74, 6) is -2.26. The molecule has 0 radical (unpaired) electrons. The van der Waals surface area contributed by atoms with Crippen molar-refractivity contribution in [3.05, 3.63) is 0 Å². The number of rotatable bonds is 1. The second-order valence-electron chi connectivity index (χ2n) is 4.45. The number of hydrogen-bond acceptors (Lipinski definition) is 2. The van der Waals surface area contributed by atoms with E-state index in [4.69, 9.17) is 9.47 Å². The lowest BCUT2D eigenvalue weighted by Crippen LogP contribution is -2.41. The topological polar surface area (TPSA) is 18.5 Å². The molecule has 0 amide bonds. The Bertz CT molecular complexity index is 259. The number of hydrogen-bond donors (Lipinski definition) is 0. The third kappa shape index (κ3) is 2.54. The molecule has 2 rings (SSSR count). The summed E-state index contributed by atoms with van der Waals surface area (Å²) in [5.41, 5.74) is 0. The van der Waals surface area contributed by atoms with Gasteiger partial charge in [-0.2, -0.15) is 13.2 Å². The van der Waals surface area contributed by atoms with Crippen LogP contribution in [0.15, 0.2) is 0 Å². The van der Waals surface area contributed by atoms with Crippen molar-refractivity contribution in [2.24, 2.45) is 5.92 Å². The highest BCUT2D eigenvalue weighted by atomic mass is 79.9. The van der Waals surface area contributed by atoms with Gasteiger partial charge in [-0.3, -0.25) is 0 Å². The third-order valence-corrected chi connectivity index (χ3v) is 3.94. The van der Waals surface area contributed by atoms with Crippen molar-refractivity contribution in [3.8, 4) is 0 Å². The van der Waals surface area contributed by atoms with Crippen molar-refractivity contribution in [1.82, 2.24) is 0 Å². The van der Waals surface area contributed by atoms with Crippen LogP contribution in [0.5, 0.6) is 0 Å². The van der Waals surface area contributed by atoms with Crippen LogP contribution in [0.4, 0.5) is 13.2 Å². The molecule has 16 heavy (non-hydrogen) atoms. The predicted molar refractivity (Wildman–Crippen MR) is 55.4 cm³/mol. The highest BCUT2D eigenvalue weighted by molar-refractivity contribution is 9.09. The minimum absolute atomic E-state index is 0.0556. The van der Waals surface area contributed by atoms with E-state index in [1.807, 2.05) is 0 Å². The fourth-order valence-electron chi connectivity index (χ4n) is 2.41. The summed E-state index contributed by atoms with van der Waals surface area (Å²) in [4.78, 5) is 0. The summed E-state index contributed by atoms with van der Waals surface area (Å²) in [6.07, 6.45) is -3.03. The first-order valence-electron chi connectivity index (χ1n) is 5.40. The van der Waals surface area contributed by atoms with Gasteiger partial charge in [-0.1, -0.05) is 15.9 Å². The zero-order valence-electron chi connectivity index (χ0n) is 8.73. The maximum absolute atomic E-state index is 12.6. The fourth-order valence-corrected chi connectivity index (χ4v) is 2.73. The molecule has 1 heterocycles. The largest absolute Gasteiger partial charge is 0.392 e. The lowest BCUT2D eigenvalue weighted by atomic mass is 9.84. The molecule has 0 bridgehead atoms.